The first kappa shape index (κ1) is 15.3. The lowest BCUT2D eigenvalue weighted by molar-refractivity contribution is 0.625. The Bertz CT molecular complexity index is 977. The molecule has 0 fully saturated rings. The van der Waals surface area contributed by atoms with Crippen LogP contribution in [0.25, 0.3) is 16.6 Å². The van der Waals surface area contributed by atoms with Gasteiger partial charge in [-0.05, 0) is 55.3 Å². The van der Waals surface area contributed by atoms with E-state index in [1.165, 1.54) is 22.8 Å². The number of aromatic nitrogens is 2. The highest BCUT2D eigenvalue weighted by Crippen LogP contribution is 2.20. The van der Waals surface area contributed by atoms with E-state index in [-0.39, 0.29) is 22.3 Å². The van der Waals surface area contributed by atoms with Crippen molar-refractivity contribution in [2.24, 2.45) is 0 Å². The van der Waals surface area contributed by atoms with Crippen LogP contribution in [-0.4, -0.2) is 9.55 Å². The normalized spacial score (nSPS) is 11.2. The average Bonchev–Trinajstić information content (AvgIpc) is 2.49. The average molecular weight is 314 g/mol. The first-order valence-corrected chi connectivity index (χ1v) is 7.40. The maximum Gasteiger partial charge on any atom is 0.266 e. The van der Waals surface area contributed by atoms with E-state index in [1.807, 2.05) is 6.92 Å². The lowest BCUT2D eigenvalue weighted by Gasteiger charge is -2.15. The highest BCUT2D eigenvalue weighted by atomic mass is 19.1. The fraction of sp³-hybridized carbons (Fsp3) is 0.222. The zero-order valence-electron chi connectivity index (χ0n) is 13.2. The van der Waals surface area contributed by atoms with Crippen LogP contribution in [-0.2, 0) is 6.42 Å². The summed E-state index contributed by atoms with van der Waals surface area (Å²) in [6, 6.07) is 7.20. The first-order chi connectivity index (χ1) is 10.9. The van der Waals surface area contributed by atoms with Gasteiger partial charge in [0.2, 0.25) is 0 Å². The van der Waals surface area contributed by atoms with Crippen LogP contribution in [0.4, 0.5) is 8.78 Å². The molecule has 118 valence electrons. The lowest BCUT2D eigenvalue weighted by atomic mass is 10.1. The van der Waals surface area contributed by atoms with E-state index in [0.717, 1.165) is 0 Å². The summed E-state index contributed by atoms with van der Waals surface area (Å²) in [4.78, 5) is 17.2. The molecule has 0 unspecified atom stereocenters. The number of hydrogen-bond donors (Lipinski definition) is 0. The summed E-state index contributed by atoms with van der Waals surface area (Å²) in [6.07, 6.45) is 0.454. The fourth-order valence-corrected chi connectivity index (χ4v) is 2.78. The minimum atomic E-state index is -0.505. The molecule has 0 radical (unpaired) electrons. The third kappa shape index (κ3) is 2.52. The predicted octanol–water partition coefficient (Wildman–Crippen LogP) is 3.84. The van der Waals surface area contributed by atoms with E-state index in [4.69, 9.17) is 0 Å². The van der Waals surface area contributed by atoms with Crippen molar-refractivity contribution >= 4 is 10.9 Å². The van der Waals surface area contributed by atoms with E-state index in [9.17, 15) is 13.6 Å². The molecular formula is C18H16F2N2O. The molecule has 0 bridgehead atoms. The van der Waals surface area contributed by atoms with Gasteiger partial charge in [0.1, 0.15) is 23.0 Å². The molecule has 0 saturated heterocycles. The molecule has 0 spiro atoms. The Labute approximate surface area is 132 Å². The molecule has 0 N–H and O–H groups in total. The second kappa shape index (κ2) is 5.57. The van der Waals surface area contributed by atoms with Gasteiger partial charge in [-0.15, -0.1) is 0 Å². The van der Waals surface area contributed by atoms with E-state index in [0.29, 0.717) is 29.1 Å². The summed E-state index contributed by atoms with van der Waals surface area (Å²) in [6.45, 7) is 5.30. The number of benzene rings is 2. The van der Waals surface area contributed by atoms with Crippen LogP contribution in [0.5, 0.6) is 0 Å². The third-order valence-electron chi connectivity index (χ3n) is 3.86. The molecule has 0 aliphatic carbocycles. The second-order valence-electron chi connectivity index (χ2n) is 5.60. The zero-order chi connectivity index (χ0) is 16.7. The third-order valence-corrected chi connectivity index (χ3v) is 3.86. The van der Waals surface area contributed by atoms with Crippen molar-refractivity contribution in [2.45, 2.75) is 27.2 Å². The summed E-state index contributed by atoms with van der Waals surface area (Å²) in [7, 11) is 0. The number of fused-ring (bicyclic) bond motifs is 1. The Morgan fingerprint density at radius 3 is 2.52 bits per heavy atom. The van der Waals surface area contributed by atoms with Crippen LogP contribution in [0, 0.1) is 25.5 Å². The van der Waals surface area contributed by atoms with Gasteiger partial charge in [0, 0.05) is 6.42 Å². The van der Waals surface area contributed by atoms with Crippen molar-refractivity contribution in [3.05, 3.63) is 69.3 Å². The molecule has 0 amide bonds. The standard InChI is InChI=1S/C18H16F2N2O/c1-4-16-21-17-13(7-10(2)8-14(17)20)18(23)22(16)15-6-5-12(19)9-11(15)3/h5-9H,4H2,1-3H3. The summed E-state index contributed by atoms with van der Waals surface area (Å²) in [5.74, 6) is -0.428. The van der Waals surface area contributed by atoms with Crippen LogP contribution < -0.4 is 5.56 Å². The van der Waals surface area contributed by atoms with Crippen molar-refractivity contribution in [2.75, 3.05) is 0 Å². The van der Waals surface area contributed by atoms with E-state index >= 15 is 0 Å². The molecular weight excluding hydrogens is 298 g/mol. The predicted molar refractivity (Wildman–Crippen MR) is 86.1 cm³/mol. The van der Waals surface area contributed by atoms with Gasteiger partial charge in [-0.2, -0.15) is 0 Å². The van der Waals surface area contributed by atoms with Gasteiger partial charge in [0.15, 0.2) is 0 Å². The molecule has 3 aromatic rings. The summed E-state index contributed by atoms with van der Waals surface area (Å²) in [5.41, 5.74) is 1.57. The number of rotatable bonds is 2. The van der Waals surface area contributed by atoms with Gasteiger partial charge in [0.25, 0.3) is 5.56 Å². The SMILES string of the molecule is CCc1nc2c(F)cc(C)cc2c(=O)n1-c1ccc(F)cc1C. The van der Waals surface area contributed by atoms with Gasteiger partial charge in [-0.1, -0.05) is 6.92 Å². The lowest BCUT2D eigenvalue weighted by Crippen LogP contribution is -2.25. The zero-order valence-corrected chi connectivity index (χ0v) is 13.2. The minimum absolute atomic E-state index is 0.0773. The Morgan fingerprint density at radius 2 is 1.87 bits per heavy atom. The molecule has 3 nitrogen and oxygen atoms in total. The largest absolute Gasteiger partial charge is 0.268 e. The number of nitrogens with zero attached hydrogens (tertiary/aromatic N) is 2. The molecule has 0 aliphatic rings. The second-order valence-corrected chi connectivity index (χ2v) is 5.60. The van der Waals surface area contributed by atoms with Gasteiger partial charge in [0.05, 0.1) is 11.1 Å². The first-order valence-electron chi connectivity index (χ1n) is 7.40. The Morgan fingerprint density at radius 1 is 1.13 bits per heavy atom. The number of halogens is 2. The van der Waals surface area contributed by atoms with Gasteiger partial charge in [-0.25, -0.2) is 13.8 Å². The van der Waals surface area contributed by atoms with E-state index < -0.39 is 5.82 Å². The van der Waals surface area contributed by atoms with Crippen molar-refractivity contribution in [1.82, 2.24) is 9.55 Å². The smallest absolute Gasteiger partial charge is 0.266 e. The molecule has 0 saturated carbocycles. The summed E-state index contributed by atoms with van der Waals surface area (Å²) < 4.78 is 28.9. The number of hydrogen-bond acceptors (Lipinski definition) is 2. The maximum absolute atomic E-state index is 14.1. The summed E-state index contributed by atoms with van der Waals surface area (Å²) in [5, 5.41) is 0.225. The monoisotopic (exact) mass is 314 g/mol. The van der Waals surface area contributed by atoms with Crippen molar-refractivity contribution in [3.8, 4) is 5.69 Å². The molecule has 0 atom stereocenters. The van der Waals surface area contributed by atoms with Crippen molar-refractivity contribution < 1.29 is 8.78 Å². The fourth-order valence-electron chi connectivity index (χ4n) is 2.78. The highest BCUT2D eigenvalue weighted by molar-refractivity contribution is 5.79. The van der Waals surface area contributed by atoms with Crippen LogP contribution in [0.2, 0.25) is 0 Å². The Kier molecular flexibility index (Phi) is 3.72. The van der Waals surface area contributed by atoms with Crippen LogP contribution >= 0.6 is 0 Å². The van der Waals surface area contributed by atoms with Crippen LogP contribution in [0.3, 0.4) is 0 Å². The topological polar surface area (TPSA) is 34.9 Å². The van der Waals surface area contributed by atoms with Gasteiger partial charge < -0.3 is 0 Å². The van der Waals surface area contributed by atoms with Crippen LogP contribution in [0.15, 0.2) is 35.1 Å². The van der Waals surface area contributed by atoms with Crippen molar-refractivity contribution in [3.63, 3.8) is 0 Å². The Balaban J connectivity index is 2.45. The quantitative estimate of drug-likeness (QED) is 0.720. The molecule has 1 aromatic heterocycles. The summed E-state index contributed by atoms with van der Waals surface area (Å²) >= 11 is 0. The molecule has 3 rings (SSSR count). The van der Waals surface area contributed by atoms with Gasteiger partial charge in [-0.3, -0.25) is 9.36 Å². The van der Waals surface area contributed by atoms with E-state index in [1.54, 1.807) is 26.0 Å². The number of aryl methyl sites for hydroxylation is 3. The molecule has 1 heterocycles. The Hall–Kier alpha value is -2.56. The van der Waals surface area contributed by atoms with Gasteiger partial charge >= 0.3 is 0 Å². The highest BCUT2D eigenvalue weighted by Gasteiger charge is 2.16. The van der Waals surface area contributed by atoms with E-state index in [2.05, 4.69) is 4.98 Å². The molecule has 0 aliphatic heterocycles. The minimum Gasteiger partial charge on any atom is -0.268 e. The molecule has 5 heteroatoms. The van der Waals surface area contributed by atoms with Crippen LogP contribution in [0.1, 0.15) is 23.9 Å². The molecule has 2 aromatic carbocycles. The maximum atomic E-state index is 14.1. The van der Waals surface area contributed by atoms with Crippen molar-refractivity contribution in [1.29, 1.82) is 0 Å². The molecule has 23 heavy (non-hydrogen) atoms.